The van der Waals surface area contributed by atoms with Crippen molar-refractivity contribution in [2.24, 2.45) is 0 Å². The highest BCUT2D eigenvalue weighted by Gasteiger charge is 2.41. The molecule has 16 heavy (non-hydrogen) atoms. The van der Waals surface area contributed by atoms with Crippen LogP contribution in [0.2, 0.25) is 0 Å². The molecule has 5 nitrogen and oxygen atoms in total. The van der Waals surface area contributed by atoms with E-state index in [0.29, 0.717) is 19.5 Å². The van der Waals surface area contributed by atoms with Gasteiger partial charge in [0.25, 0.3) is 0 Å². The second-order valence-corrected chi connectivity index (χ2v) is 5.20. The van der Waals surface area contributed by atoms with Crippen LogP contribution in [-0.2, 0) is 9.47 Å². The monoisotopic (exact) mass is 231 g/mol. The van der Waals surface area contributed by atoms with Crippen molar-refractivity contribution in [3.63, 3.8) is 0 Å². The van der Waals surface area contributed by atoms with Gasteiger partial charge >= 0.3 is 6.09 Å². The number of hydrogen-bond donors (Lipinski definition) is 1. The quantitative estimate of drug-likeness (QED) is 0.770. The molecule has 1 saturated heterocycles. The lowest BCUT2D eigenvalue weighted by Gasteiger charge is -2.27. The molecule has 1 aliphatic heterocycles. The number of amides is 1. The minimum Gasteiger partial charge on any atom is -0.444 e. The van der Waals surface area contributed by atoms with Crippen LogP contribution < -0.4 is 0 Å². The molecule has 0 aliphatic carbocycles. The van der Waals surface area contributed by atoms with Crippen molar-refractivity contribution in [1.82, 2.24) is 4.90 Å². The Labute approximate surface area is 96.3 Å². The summed E-state index contributed by atoms with van der Waals surface area (Å²) in [5, 5.41) is 9.24. The Morgan fingerprint density at radius 2 is 2.12 bits per heavy atom. The highest BCUT2D eigenvalue weighted by Crippen LogP contribution is 2.25. The van der Waals surface area contributed by atoms with Crippen LogP contribution in [0.1, 0.15) is 27.2 Å². The molecular formula is C11H21NO4. The third kappa shape index (κ3) is 3.09. The molecule has 0 aromatic heterocycles. The summed E-state index contributed by atoms with van der Waals surface area (Å²) >= 11 is 0. The van der Waals surface area contributed by atoms with Gasteiger partial charge in [-0.15, -0.1) is 0 Å². The van der Waals surface area contributed by atoms with E-state index in [9.17, 15) is 9.90 Å². The van der Waals surface area contributed by atoms with E-state index in [2.05, 4.69) is 0 Å². The van der Waals surface area contributed by atoms with Crippen LogP contribution in [0.5, 0.6) is 0 Å². The van der Waals surface area contributed by atoms with Crippen LogP contribution in [-0.4, -0.2) is 54.1 Å². The number of ether oxygens (including phenoxy) is 2. The van der Waals surface area contributed by atoms with Crippen LogP contribution in [0.4, 0.5) is 4.79 Å². The Bertz CT molecular complexity index is 255. The van der Waals surface area contributed by atoms with Gasteiger partial charge in [0.05, 0.1) is 13.2 Å². The molecule has 0 aromatic carbocycles. The van der Waals surface area contributed by atoms with E-state index in [-0.39, 0.29) is 12.7 Å². The number of aliphatic hydroxyl groups excluding tert-OH is 1. The number of nitrogens with zero attached hydrogens (tertiary/aromatic N) is 1. The fraction of sp³-hybridized carbons (Fsp3) is 0.909. The molecule has 1 atom stereocenters. The van der Waals surface area contributed by atoms with Crippen molar-refractivity contribution in [1.29, 1.82) is 0 Å². The minimum absolute atomic E-state index is 0.0806. The second kappa shape index (κ2) is 4.59. The van der Waals surface area contributed by atoms with Crippen molar-refractivity contribution in [3.8, 4) is 0 Å². The largest absolute Gasteiger partial charge is 0.444 e. The molecule has 0 saturated carbocycles. The van der Waals surface area contributed by atoms with Gasteiger partial charge in [0, 0.05) is 13.7 Å². The van der Waals surface area contributed by atoms with Gasteiger partial charge in [0.2, 0.25) is 0 Å². The van der Waals surface area contributed by atoms with Crippen molar-refractivity contribution in [2.45, 2.75) is 38.4 Å². The normalized spacial score (nSPS) is 25.9. The fourth-order valence-corrected chi connectivity index (χ4v) is 1.69. The van der Waals surface area contributed by atoms with Gasteiger partial charge in [-0.2, -0.15) is 0 Å². The number of hydrogen-bond acceptors (Lipinski definition) is 4. The zero-order valence-corrected chi connectivity index (χ0v) is 10.4. The summed E-state index contributed by atoms with van der Waals surface area (Å²) in [5.74, 6) is 0. The van der Waals surface area contributed by atoms with E-state index in [0.717, 1.165) is 0 Å². The topological polar surface area (TPSA) is 59.0 Å². The van der Waals surface area contributed by atoms with Gasteiger partial charge < -0.3 is 19.5 Å². The first-order valence-corrected chi connectivity index (χ1v) is 5.46. The van der Waals surface area contributed by atoms with Gasteiger partial charge in [-0.1, -0.05) is 0 Å². The summed E-state index contributed by atoms with van der Waals surface area (Å²) in [6.45, 7) is 6.35. The van der Waals surface area contributed by atoms with Crippen LogP contribution in [0.25, 0.3) is 0 Å². The predicted molar refractivity (Wildman–Crippen MR) is 59.2 cm³/mol. The number of methoxy groups -OCH3 is 1. The molecule has 1 amide bonds. The van der Waals surface area contributed by atoms with Crippen LogP contribution >= 0.6 is 0 Å². The van der Waals surface area contributed by atoms with E-state index in [1.165, 1.54) is 0 Å². The molecule has 94 valence electrons. The summed E-state index contributed by atoms with van der Waals surface area (Å²) in [6.07, 6.45) is 0.291. The van der Waals surface area contributed by atoms with Crippen molar-refractivity contribution in [3.05, 3.63) is 0 Å². The van der Waals surface area contributed by atoms with Gasteiger partial charge in [-0.05, 0) is 27.2 Å². The van der Waals surface area contributed by atoms with Gasteiger partial charge in [-0.3, -0.25) is 0 Å². The standard InChI is InChI=1S/C11H21NO4/c1-10(2,3)16-9(14)12-6-5-11(7-12,8-13)15-4/h13H,5-8H2,1-4H3. The highest BCUT2D eigenvalue weighted by atomic mass is 16.6. The predicted octanol–water partition coefficient (Wildman–Crippen LogP) is 1.00. The molecule has 1 rings (SSSR count). The summed E-state index contributed by atoms with van der Waals surface area (Å²) in [4.78, 5) is 13.3. The van der Waals surface area contributed by atoms with E-state index < -0.39 is 11.2 Å². The van der Waals surface area contributed by atoms with E-state index in [1.807, 2.05) is 20.8 Å². The lowest BCUT2D eigenvalue weighted by molar-refractivity contribution is -0.0449. The Morgan fingerprint density at radius 3 is 2.50 bits per heavy atom. The van der Waals surface area contributed by atoms with E-state index in [1.54, 1.807) is 12.0 Å². The second-order valence-electron chi connectivity index (χ2n) is 5.20. The Kier molecular flexibility index (Phi) is 3.80. The maximum Gasteiger partial charge on any atom is 0.410 e. The van der Waals surface area contributed by atoms with Crippen LogP contribution in [0, 0.1) is 0 Å². The molecule has 1 unspecified atom stereocenters. The molecule has 1 heterocycles. The summed E-state index contributed by atoms with van der Waals surface area (Å²) in [6, 6.07) is 0. The molecule has 1 fully saturated rings. The zero-order chi connectivity index (χ0) is 12.4. The van der Waals surface area contributed by atoms with Gasteiger partial charge in [0.1, 0.15) is 11.2 Å². The minimum atomic E-state index is -0.614. The smallest absolute Gasteiger partial charge is 0.410 e. The lowest BCUT2D eigenvalue weighted by Crippen LogP contribution is -2.42. The first kappa shape index (κ1) is 13.3. The third-order valence-electron chi connectivity index (χ3n) is 2.69. The first-order chi connectivity index (χ1) is 7.32. The number of likely N-dealkylation sites (tertiary alicyclic amines) is 1. The molecule has 1 N–H and O–H groups in total. The van der Waals surface area contributed by atoms with Gasteiger partial charge in [-0.25, -0.2) is 4.79 Å². The number of aliphatic hydroxyl groups is 1. The summed E-state index contributed by atoms with van der Waals surface area (Å²) in [7, 11) is 1.55. The fourth-order valence-electron chi connectivity index (χ4n) is 1.69. The number of carbonyl (C=O) groups is 1. The highest BCUT2D eigenvalue weighted by molar-refractivity contribution is 5.68. The summed E-state index contributed by atoms with van der Waals surface area (Å²) < 4.78 is 10.5. The molecule has 0 bridgehead atoms. The van der Waals surface area contributed by atoms with Crippen molar-refractivity contribution < 1.29 is 19.4 Å². The number of rotatable bonds is 2. The van der Waals surface area contributed by atoms with Crippen LogP contribution in [0.3, 0.4) is 0 Å². The Hall–Kier alpha value is -0.810. The maximum absolute atomic E-state index is 11.7. The van der Waals surface area contributed by atoms with E-state index in [4.69, 9.17) is 9.47 Å². The first-order valence-electron chi connectivity index (χ1n) is 5.46. The van der Waals surface area contributed by atoms with Crippen LogP contribution in [0.15, 0.2) is 0 Å². The molecular weight excluding hydrogens is 210 g/mol. The number of carbonyl (C=O) groups excluding carboxylic acids is 1. The van der Waals surface area contributed by atoms with Crippen molar-refractivity contribution in [2.75, 3.05) is 26.8 Å². The summed E-state index contributed by atoms with van der Waals surface area (Å²) in [5.41, 5.74) is -1.11. The molecule has 0 aromatic rings. The zero-order valence-electron chi connectivity index (χ0n) is 10.4. The molecule has 5 heteroatoms. The maximum atomic E-state index is 11.7. The average Bonchev–Trinajstić information content (AvgIpc) is 2.60. The third-order valence-corrected chi connectivity index (χ3v) is 2.69. The van der Waals surface area contributed by atoms with Crippen molar-refractivity contribution >= 4 is 6.09 Å². The Morgan fingerprint density at radius 1 is 1.50 bits per heavy atom. The molecule has 0 radical (unpaired) electrons. The average molecular weight is 231 g/mol. The van der Waals surface area contributed by atoms with E-state index >= 15 is 0 Å². The Balaban J connectivity index is 2.56. The SMILES string of the molecule is COC1(CO)CCN(C(=O)OC(C)(C)C)C1. The molecule has 1 aliphatic rings. The van der Waals surface area contributed by atoms with Gasteiger partial charge in [0.15, 0.2) is 0 Å². The molecule has 0 spiro atoms. The lowest BCUT2D eigenvalue weighted by atomic mass is 10.1.